The number of hydrogen-bond acceptors (Lipinski definition) is 6. The lowest BCUT2D eigenvalue weighted by Gasteiger charge is -2.50. The van der Waals surface area contributed by atoms with Gasteiger partial charge >= 0.3 is 0 Å². The van der Waals surface area contributed by atoms with Gasteiger partial charge in [-0.15, -0.1) is 0 Å². The van der Waals surface area contributed by atoms with Gasteiger partial charge in [0.1, 0.15) is 0 Å². The first-order valence-corrected chi connectivity index (χ1v) is 12.5. The van der Waals surface area contributed by atoms with Crippen molar-refractivity contribution >= 4 is 34.6 Å². The summed E-state index contributed by atoms with van der Waals surface area (Å²) >= 11 is 0. The van der Waals surface area contributed by atoms with Gasteiger partial charge in [-0.05, 0) is 35.4 Å². The first-order valence-electron chi connectivity index (χ1n) is 12.5. The number of nitro groups is 2. The molecule has 200 valence electrons. The van der Waals surface area contributed by atoms with Crippen LogP contribution in [0, 0.1) is 32.1 Å². The van der Waals surface area contributed by atoms with E-state index in [0.717, 1.165) is 0 Å². The largest absolute Gasteiger partial charge is 0.326 e. The molecule has 2 amide bonds. The number of rotatable bonds is 8. The molecule has 5 rings (SSSR count). The van der Waals surface area contributed by atoms with Crippen molar-refractivity contribution in [2.24, 2.45) is 11.8 Å². The van der Waals surface area contributed by atoms with Gasteiger partial charge < -0.3 is 10.6 Å². The van der Waals surface area contributed by atoms with Crippen LogP contribution >= 0.6 is 0 Å². The van der Waals surface area contributed by atoms with Crippen molar-refractivity contribution in [1.29, 1.82) is 0 Å². The van der Waals surface area contributed by atoms with Gasteiger partial charge in [0, 0.05) is 47.5 Å². The molecule has 0 radical (unpaired) electrons. The second-order valence-corrected chi connectivity index (χ2v) is 9.51. The minimum atomic E-state index is -0.741. The van der Waals surface area contributed by atoms with Crippen LogP contribution in [-0.4, -0.2) is 21.7 Å². The van der Waals surface area contributed by atoms with Crippen molar-refractivity contribution in [2.45, 2.75) is 11.8 Å². The molecule has 0 aromatic heterocycles. The van der Waals surface area contributed by atoms with E-state index in [1.807, 2.05) is 12.1 Å². The van der Waals surface area contributed by atoms with Crippen molar-refractivity contribution in [3.63, 3.8) is 0 Å². The van der Waals surface area contributed by atoms with Gasteiger partial charge in [-0.3, -0.25) is 29.8 Å². The highest BCUT2D eigenvalue weighted by molar-refractivity contribution is 6.00. The lowest BCUT2D eigenvalue weighted by atomic mass is 9.52. The molecule has 2 N–H and O–H groups in total. The molecule has 0 bridgehead atoms. The van der Waals surface area contributed by atoms with E-state index in [1.165, 1.54) is 24.3 Å². The summed E-state index contributed by atoms with van der Waals surface area (Å²) in [5.41, 5.74) is 2.15. The number of nitro benzene ring substituents is 2. The van der Waals surface area contributed by atoms with Crippen LogP contribution in [-0.2, 0) is 9.59 Å². The van der Waals surface area contributed by atoms with Crippen molar-refractivity contribution in [3.05, 3.63) is 141 Å². The quantitative estimate of drug-likeness (QED) is 0.212. The number of carbonyl (C=O) groups excluding carboxylic acids is 2. The van der Waals surface area contributed by atoms with Crippen molar-refractivity contribution in [3.8, 4) is 0 Å². The van der Waals surface area contributed by atoms with Crippen molar-refractivity contribution in [2.75, 3.05) is 10.6 Å². The predicted octanol–water partition coefficient (Wildman–Crippen LogP) is 5.89. The minimum Gasteiger partial charge on any atom is -0.326 e. The summed E-state index contributed by atoms with van der Waals surface area (Å²) in [6, 6.07) is 29.5. The van der Waals surface area contributed by atoms with Gasteiger partial charge in [0.2, 0.25) is 11.8 Å². The number of hydrogen-bond donors (Lipinski definition) is 2. The van der Waals surface area contributed by atoms with E-state index in [9.17, 15) is 29.8 Å². The number of para-hydroxylation sites is 2. The highest BCUT2D eigenvalue weighted by atomic mass is 16.6. The Labute approximate surface area is 229 Å². The Morgan fingerprint density at radius 1 is 0.525 bits per heavy atom. The molecule has 0 unspecified atom stereocenters. The smallest absolute Gasteiger partial charge is 0.269 e. The number of benzene rings is 4. The third-order valence-electron chi connectivity index (χ3n) is 7.21. The maximum Gasteiger partial charge on any atom is 0.269 e. The first-order chi connectivity index (χ1) is 19.3. The second kappa shape index (κ2) is 11.2. The summed E-state index contributed by atoms with van der Waals surface area (Å²) in [6.07, 6.45) is 0. The van der Waals surface area contributed by atoms with Crippen molar-refractivity contribution in [1.82, 2.24) is 0 Å². The third kappa shape index (κ3) is 5.28. The fraction of sp³-hybridized carbons (Fsp3) is 0.133. The molecule has 0 aliphatic heterocycles. The van der Waals surface area contributed by atoms with Crippen molar-refractivity contribution < 1.29 is 19.4 Å². The molecular formula is C30H24N4O6. The summed E-state index contributed by atoms with van der Waals surface area (Å²) in [5.74, 6) is -3.38. The third-order valence-corrected chi connectivity index (χ3v) is 7.21. The average molecular weight is 537 g/mol. The van der Waals surface area contributed by atoms with Gasteiger partial charge in [0.15, 0.2) is 0 Å². The Balaban J connectivity index is 1.57. The van der Waals surface area contributed by atoms with Gasteiger partial charge in [-0.2, -0.15) is 0 Å². The number of non-ortho nitro benzene ring substituents is 2. The molecule has 0 atom stereocenters. The fourth-order valence-corrected chi connectivity index (χ4v) is 5.36. The van der Waals surface area contributed by atoms with Crippen LogP contribution in [0.4, 0.5) is 22.7 Å². The molecule has 10 nitrogen and oxygen atoms in total. The lowest BCUT2D eigenvalue weighted by molar-refractivity contribution is -0.385. The standard InChI is InChI=1S/C30H24N4O6/c35-29(31-21-7-3-1-4-8-21)27-25(19-11-15-23(16-12-19)33(37)38)28(30(36)32-22-9-5-2-6-10-22)26(27)20-13-17-24(18-14-20)34(39)40/h1-18,25-28H,(H,31,35)(H,32,36). The molecule has 1 fully saturated rings. The number of nitrogens with one attached hydrogen (secondary N) is 2. The van der Waals surface area contributed by atoms with Crippen LogP contribution in [0.1, 0.15) is 23.0 Å². The summed E-state index contributed by atoms with van der Waals surface area (Å²) < 4.78 is 0. The minimum absolute atomic E-state index is 0.106. The number of carbonyl (C=O) groups is 2. The summed E-state index contributed by atoms with van der Waals surface area (Å²) in [6.45, 7) is 0. The van der Waals surface area contributed by atoms with Gasteiger partial charge in [0.25, 0.3) is 11.4 Å². The topological polar surface area (TPSA) is 144 Å². The molecular weight excluding hydrogens is 512 g/mol. The first kappa shape index (κ1) is 26.2. The van der Waals surface area contributed by atoms with E-state index in [0.29, 0.717) is 22.5 Å². The molecule has 0 spiro atoms. The molecule has 0 heterocycles. The molecule has 1 aliphatic carbocycles. The normalized spacial score (nSPS) is 19.6. The highest BCUT2D eigenvalue weighted by Gasteiger charge is 2.58. The second-order valence-electron chi connectivity index (χ2n) is 9.51. The summed E-state index contributed by atoms with van der Waals surface area (Å²) in [7, 11) is 0. The number of amides is 2. The Morgan fingerprint density at radius 2 is 0.850 bits per heavy atom. The molecule has 1 aliphatic rings. The van der Waals surface area contributed by atoms with Crippen LogP contribution in [0.15, 0.2) is 109 Å². The molecule has 10 heteroatoms. The number of nitrogens with zero attached hydrogens (tertiary/aromatic N) is 2. The van der Waals surface area contributed by atoms with Crippen LogP contribution in [0.2, 0.25) is 0 Å². The SMILES string of the molecule is O=C(Nc1ccccc1)C1C(c2ccc([N+](=O)[O-])cc2)C(C(=O)Nc2ccccc2)C1c1ccc([N+](=O)[O-])cc1. The zero-order valence-electron chi connectivity index (χ0n) is 21.0. The van der Waals surface area contributed by atoms with Crippen LogP contribution in [0.25, 0.3) is 0 Å². The molecule has 0 saturated heterocycles. The van der Waals surface area contributed by atoms with Gasteiger partial charge in [0.05, 0.1) is 21.7 Å². The van der Waals surface area contributed by atoms with Crippen LogP contribution in [0.5, 0.6) is 0 Å². The van der Waals surface area contributed by atoms with E-state index in [-0.39, 0.29) is 23.2 Å². The number of anilines is 2. The van der Waals surface area contributed by atoms with E-state index in [4.69, 9.17) is 0 Å². The summed E-state index contributed by atoms with van der Waals surface area (Å²) in [5, 5.41) is 28.4. The van der Waals surface area contributed by atoms with Gasteiger partial charge in [-0.1, -0.05) is 60.7 Å². The van der Waals surface area contributed by atoms with Gasteiger partial charge in [-0.25, -0.2) is 0 Å². The van der Waals surface area contributed by atoms with E-state index in [2.05, 4.69) is 10.6 Å². The van der Waals surface area contributed by atoms with Crippen LogP contribution < -0.4 is 10.6 Å². The van der Waals surface area contributed by atoms with E-state index >= 15 is 0 Å². The molecule has 4 aromatic rings. The Kier molecular flexibility index (Phi) is 7.32. The zero-order valence-corrected chi connectivity index (χ0v) is 21.0. The predicted molar refractivity (Wildman–Crippen MR) is 149 cm³/mol. The zero-order chi connectivity index (χ0) is 28.2. The Morgan fingerprint density at radius 3 is 1.15 bits per heavy atom. The molecule has 40 heavy (non-hydrogen) atoms. The molecule has 1 saturated carbocycles. The van der Waals surface area contributed by atoms with E-state index in [1.54, 1.807) is 72.8 Å². The average Bonchev–Trinajstić information content (AvgIpc) is 2.94. The monoisotopic (exact) mass is 536 g/mol. The van der Waals surface area contributed by atoms with E-state index < -0.39 is 33.5 Å². The lowest BCUT2D eigenvalue weighted by Crippen LogP contribution is -2.53. The maximum atomic E-state index is 13.8. The summed E-state index contributed by atoms with van der Waals surface area (Å²) in [4.78, 5) is 49.1. The highest BCUT2D eigenvalue weighted by Crippen LogP contribution is 2.58. The maximum absolute atomic E-state index is 13.8. The fourth-order valence-electron chi connectivity index (χ4n) is 5.36. The Hall–Kier alpha value is -5.38. The molecule has 4 aromatic carbocycles. The van der Waals surface area contributed by atoms with Crippen LogP contribution in [0.3, 0.4) is 0 Å². The Bertz CT molecular complexity index is 1420.